The lowest BCUT2D eigenvalue weighted by Crippen LogP contribution is -2.49. The van der Waals surface area contributed by atoms with E-state index in [-0.39, 0.29) is 18.2 Å². The number of nitro benzene ring substituents is 1. The molecule has 0 bridgehead atoms. The fourth-order valence-electron chi connectivity index (χ4n) is 3.86. The van der Waals surface area contributed by atoms with Crippen LogP contribution in [0.15, 0.2) is 47.0 Å². The summed E-state index contributed by atoms with van der Waals surface area (Å²) < 4.78 is 11.1. The zero-order chi connectivity index (χ0) is 23.5. The maximum Gasteiger partial charge on any atom is 0.294 e. The van der Waals surface area contributed by atoms with Gasteiger partial charge >= 0.3 is 0 Å². The number of aromatic nitrogens is 1. The van der Waals surface area contributed by atoms with Crippen molar-refractivity contribution in [3.63, 3.8) is 0 Å². The van der Waals surface area contributed by atoms with Crippen LogP contribution in [-0.2, 0) is 6.61 Å². The third kappa shape index (κ3) is 4.78. The molecule has 1 fully saturated rings. The van der Waals surface area contributed by atoms with Gasteiger partial charge < -0.3 is 19.1 Å². The lowest BCUT2D eigenvalue weighted by molar-refractivity contribution is -0.384. The number of ether oxygens (including phenoxy) is 1. The number of nitro groups is 1. The second kappa shape index (κ2) is 9.50. The molecule has 0 aliphatic carbocycles. The van der Waals surface area contributed by atoms with Crippen LogP contribution in [0.5, 0.6) is 5.75 Å². The summed E-state index contributed by atoms with van der Waals surface area (Å²) in [6.07, 6.45) is 0. The third-order valence-corrected chi connectivity index (χ3v) is 5.95. The van der Waals surface area contributed by atoms with Gasteiger partial charge in [-0.1, -0.05) is 28.9 Å². The Morgan fingerprint density at radius 3 is 2.58 bits per heavy atom. The number of hydrogen-bond donors (Lipinski definition) is 0. The number of halogens is 1. The standard InChI is InChI=1S/C23H23ClN4O5/c1-15-19(16(2)33-25-15)14-32-22-6-4-3-5-18(22)23(29)27-11-9-26(10-12-27)20-8-7-17(24)13-21(20)28(30)31/h3-8,13H,9-12,14H2,1-2H3. The molecule has 4 rings (SSSR count). The summed E-state index contributed by atoms with van der Waals surface area (Å²) in [5.74, 6) is 1.02. The van der Waals surface area contributed by atoms with Crippen LogP contribution in [0.2, 0.25) is 5.02 Å². The Kier molecular flexibility index (Phi) is 6.50. The molecule has 0 saturated carbocycles. The second-order valence-electron chi connectivity index (χ2n) is 7.76. The average Bonchev–Trinajstić information content (AvgIpc) is 3.14. The highest BCUT2D eigenvalue weighted by molar-refractivity contribution is 6.30. The van der Waals surface area contributed by atoms with Crippen molar-refractivity contribution in [2.24, 2.45) is 0 Å². The molecule has 1 saturated heterocycles. The number of benzene rings is 2. The fraction of sp³-hybridized carbons (Fsp3) is 0.304. The molecule has 33 heavy (non-hydrogen) atoms. The van der Waals surface area contributed by atoms with Crippen LogP contribution in [0, 0.1) is 24.0 Å². The van der Waals surface area contributed by atoms with E-state index in [2.05, 4.69) is 5.16 Å². The number of piperazine rings is 1. The number of rotatable bonds is 6. The molecule has 1 amide bonds. The summed E-state index contributed by atoms with van der Waals surface area (Å²) in [7, 11) is 0. The number of anilines is 1. The number of para-hydroxylation sites is 1. The highest BCUT2D eigenvalue weighted by Crippen LogP contribution is 2.32. The topological polar surface area (TPSA) is 102 Å². The Morgan fingerprint density at radius 2 is 1.91 bits per heavy atom. The lowest BCUT2D eigenvalue weighted by atomic mass is 10.1. The van der Waals surface area contributed by atoms with Gasteiger partial charge in [0.25, 0.3) is 11.6 Å². The summed E-state index contributed by atoms with van der Waals surface area (Å²) in [6, 6.07) is 11.7. The summed E-state index contributed by atoms with van der Waals surface area (Å²) in [4.78, 5) is 27.9. The lowest BCUT2D eigenvalue weighted by Gasteiger charge is -2.36. The first kappa shape index (κ1) is 22.6. The minimum atomic E-state index is -0.439. The van der Waals surface area contributed by atoms with Crippen molar-refractivity contribution in [3.05, 3.63) is 80.2 Å². The predicted octanol–water partition coefficient (Wildman–Crippen LogP) is 4.39. The Morgan fingerprint density at radius 1 is 1.18 bits per heavy atom. The number of amides is 1. The monoisotopic (exact) mass is 470 g/mol. The highest BCUT2D eigenvalue weighted by Gasteiger charge is 2.28. The third-order valence-electron chi connectivity index (χ3n) is 5.71. The number of hydrogen-bond acceptors (Lipinski definition) is 7. The van der Waals surface area contributed by atoms with Gasteiger partial charge in [-0.3, -0.25) is 14.9 Å². The van der Waals surface area contributed by atoms with E-state index in [9.17, 15) is 14.9 Å². The molecule has 3 aromatic rings. The van der Waals surface area contributed by atoms with Gasteiger partial charge in [-0.25, -0.2) is 0 Å². The van der Waals surface area contributed by atoms with E-state index in [1.807, 2.05) is 24.8 Å². The highest BCUT2D eigenvalue weighted by atomic mass is 35.5. The van der Waals surface area contributed by atoms with Crippen molar-refractivity contribution in [2.75, 3.05) is 31.1 Å². The molecule has 1 aliphatic rings. The molecule has 0 spiro atoms. The van der Waals surface area contributed by atoms with Crippen LogP contribution >= 0.6 is 11.6 Å². The van der Waals surface area contributed by atoms with E-state index in [1.54, 1.807) is 35.2 Å². The molecular formula is C23H23ClN4O5. The molecule has 0 N–H and O–H groups in total. The van der Waals surface area contributed by atoms with Crippen LogP contribution in [0.25, 0.3) is 0 Å². The Labute approximate surface area is 195 Å². The van der Waals surface area contributed by atoms with Crippen molar-refractivity contribution in [1.82, 2.24) is 10.1 Å². The van der Waals surface area contributed by atoms with Crippen molar-refractivity contribution in [2.45, 2.75) is 20.5 Å². The number of aryl methyl sites for hydroxylation is 2. The molecule has 172 valence electrons. The van der Waals surface area contributed by atoms with E-state index in [0.717, 1.165) is 11.3 Å². The SMILES string of the molecule is Cc1noc(C)c1COc1ccccc1C(=O)N1CCN(c2ccc(Cl)cc2[N+](=O)[O-])CC1. The Balaban J connectivity index is 1.45. The van der Waals surface area contributed by atoms with E-state index >= 15 is 0 Å². The maximum absolute atomic E-state index is 13.2. The zero-order valence-electron chi connectivity index (χ0n) is 18.3. The number of nitrogens with zero attached hydrogens (tertiary/aromatic N) is 4. The van der Waals surface area contributed by atoms with Gasteiger partial charge in [0.15, 0.2) is 0 Å². The van der Waals surface area contributed by atoms with Crippen LogP contribution in [0.1, 0.15) is 27.4 Å². The Hall–Kier alpha value is -3.59. The van der Waals surface area contributed by atoms with Gasteiger partial charge in [-0.2, -0.15) is 0 Å². The maximum atomic E-state index is 13.2. The van der Waals surface area contributed by atoms with Crippen molar-refractivity contribution in [1.29, 1.82) is 0 Å². The molecule has 1 aliphatic heterocycles. The molecule has 2 heterocycles. The van der Waals surface area contributed by atoms with E-state index < -0.39 is 4.92 Å². The molecule has 10 heteroatoms. The minimum absolute atomic E-state index is 0.0413. The van der Waals surface area contributed by atoms with Gasteiger partial charge in [-0.15, -0.1) is 0 Å². The van der Waals surface area contributed by atoms with Gasteiger partial charge in [0.1, 0.15) is 23.8 Å². The van der Waals surface area contributed by atoms with Crippen LogP contribution in [0.3, 0.4) is 0 Å². The van der Waals surface area contributed by atoms with Crippen LogP contribution in [0.4, 0.5) is 11.4 Å². The van der Waals surface area contributed by atoms with Crippen molar-refractivity contribution >= 4 is 28.9 Å². The molecule has 0 atom stereocenters. The molecular weight excluding hydrogens is 448 g/mol. The average molecular weight is 471 g/mol. The van der Waals surface area contributed by atoms with Crippen LogP contribution in [-0.4, -0.2) is 47.1 Å². The molecule has 1 aromatic heterocycles. The van der Waals surface area contributed by atoms with Crippen LogP contribution < -0.4 is 9.64 Å². The molecule has 2 aromatic carbocycles. The summed E-state index contributed by atoms with van der Waals surface area (Å²) in [6.45, 7) is 5.71. The first-order valence-electron chi connectivity index (χ1n) is 10.5. The predicted molar refractivity (Wildman–Crippen MR) is 123 cm³/mol. The first-order chi connectivity index (χ1) is 15.8. The number of carbonyl (C=O) groups is 1. The normalized spacial score (nSPS) is 13.8. The van der Waals surface area contributed by atoms with E-state index in [4.69, 9.17) is 20.9 Å². The van der Waals surface area contributed by atoms with E-state index in [1.165, 1.54) is 6.07 Å². The van der Waals surface area contributed by atoms with E-state index in [0.29, 0.717) is 54.0 Å². The molecule has 0 radical (unpaired) electrons. The smallest absolute Gasteiger partial charge is 0.294 e. The molecule has 9 nitrogen and oxygen atoms in total. The quantitative estimate of drug-likeness (QED) is 0.388. The van der Waals surface area contributed by atoms with Crippen molar-refractivity contribution < 1.29 is 19.0 Å². The van der Waals surface area contributed by atoms with Gasteiger partial charge in [0.2, 0.25) is 0 Å². The largest absolute Gasteiger partial charge is 0.488 e. The fourth-order valence-corrected chi connectivity index (χ4v) is 4.02. The Bertz CT molecular complexity index is 1170. The van der Waals surface area contributed by atoms with Crippen molar-refractivity contribution in [3.8, 4) is 5.75 Å². The summed E-state index contributed by atoms with van der Waals surface area (Å²) in [5.41, 5.74) is 2.54. The first-order valence-corrected chi connectivity index (χ1v) is 10.8. The number of carbonyl (C=O) groups excluding carboxylic acids is 1. The minimum Gasteiger partial charge on any atom is -0.488 e. The molecule has 0 unspecified atom stereocenters. The van der Waals surface area contributed by atoms with Gasteiger partial charge in [0.05, 0.1) is 21.7 Å². The summed E-state index contributed by atoms with van der Waals surface area (Å²) >= 11 is 5.93. The summed E-state index contributed by atoms with van der Waals surface area (Å²) in [5, 5.41) is 15.7. The van der Waals surface area contributed by atoms with Gasteiger partial charge in [0, 0.05) is 37.3 Å². The second-order valence-corrected chi connectivity index (χ2v) is 8.19. The zero-order valence-corrected chi connectivity index (χ0v) is 19.0. The van der Waals surface area contributed by atoms with Gasteiger partial charge in [-0.05, 0) is 38.1 Å².